The highest BCUT2D eigenvalue weighted by atomic mass is 35.5. The number of nitrogens with zero attached hydrogens (tertiary/aromatic N) is 2. The van der Waals surface area contributed by atoms with Gasteiger partial charge in [0.25, 0.3) is 0 Å². The van der Waals surface area contributed by atoms with Gasteiger partial charge >= 0.3 is 0 Å². The molecule has 0 bridgehead atoms. The first-order valence-electron chi connectivity index (χ1n) is 7.40. The van der Waals surface area contributed by atoms with E-state index in [1.807, 2.05) is 0 Å². The van der Waals surface area contributed by atoms with E-state index in [0.717, 1.165) is 25.9 Å². The predicted octanol–water partition coefficient (Wildman–Crippen LogP) is 3.60. The highest BCUT2D eigenvalue weighted by Gasteiger charge is 2.25. The molecule has 0 N–H and O–H groups in total. The molecule has 1 aliphatic rings. The van der Waals surface area contributed by atoms with Crippen LogP contribution in [0.5, 0.6) is 0 Å². The molecule has 6 heteroatoms. The monoisotopic (exact) mass is 342 g/mol. The molecule has 1 aromatic rings. The van der Waals surface area contributed by atoms with Crippen LogP contribution in [0.4, 0.5) is 5.69 Å². The Morgan fingerprint density at radius 1 is 1.23 bits per heavy atom. The van der Waals surface area contributed by atoms with Crippen molar-refractivity contribution >= 4 is 40.7 Å². The molecular weight excluding hydrogens is 323 g/mol. The summed E-state index contributed by atoms with van der Waals surface area (Å²) in [6.45, 7) is 5.04. The average molecular weight is 343 g/mol. The van der Waals surface area contributed by atoms with Gasteiger partial charge in [-0.1, -0.05) is 36.2 Å². The minimum Gasteiger partial charge on any atom is -0.341 e. The van der Waals surface area contributed by atoms with Crippen LogP contribution in [-0.2, 0) is 9.59 Å². The van der Waals surface area contributed by atoms with Gasteiger partial charge in [0, 0.05) is 20.0 Å². The van der Waals surface area contributed by atoms with Gasteiger partial charge in [0.15, 0.2) is 0 Å². The van der Waals surface area contributed by atoms with Crippen molar-refractivity contribution in [2.24, 2.45) is 5.92 Å². The van der Waals surface area contributed by atoms with Crippen LogP contribution in [0.1, 0.15) is 26.7 Å². The second-order valence-corrected chi connectivity index (χ2v) is 6.55. The minimum atomic E-state index is -0.256. The summed E-state index contributed by atoms with van der Waals surface area (Å²) in [5, 5.41) is 0.727. The van der Waals surface area contributed by atoms with Crippen molar-refractivity contribution in [3.8, 4) is 0 Å². The zero-order valence-corrected chi connectivity index (χ0v) is 14.3. The molecule has 1 fully saturated rings. The first-order chi connectivity index (χ1) is 10.4. The Morgan fingerprint density at radius 3 is 2.27 bits per heavy atom. The summed E-state index contributed by atoms with van der Waals surface area (Å²) in [5.74, 6) is 0.317. The standard InChI is InChI=1S/C16H20Cl2N2O2/c1-11-6-8-19(9-7-11)15(22)10-20(12(2)21)16-13(17)4-3-5-14(16)18/h3-5,11H,6-10H2,1-2H3. The van der Waals surface area contributed by atoms with Crippen LogP contribution in [0, 0.1) is 5.92 Å². The van der Waals surface area contributed by atoms with Crippen LogP contribution < -0.4 is 4.90 Å². The molecule has 22 heavy (non-hydrogen) atoms. The van der Waals surface area contributed by atoms with Gasteiger partial charge in [0.05, 0.1) is 15.7 Å². The lowest BCUT2D eigenvalue weighted by molar-refractivity contribution is -0.132. The number of carbonyl (C=O) groups is 2. The van der Waals surface area contributed by atoms with E-state index in [1.54, 1.807) is 23.1 Å². The summed E-state index contributed by atoms with van der Waals surface area (Å²) in [6.07, 6.45) is 2.00. The molecule has 4 nitrogen and oxygen atoms in total. The number of hydrogen-bond acceptors (Lipinski definition) is 2. The fourth-order valence-corrected chi connectivity index (χ4v) is 3.19. The zero-order valence-electron chi connectivity index (χ0n) is 12.8. The number of anilines is 1. The maximum Gasteiger partial charge on any atom is 0.242 e. The maximum atomic E-state index is 12.5. The van der Waals surface area contributed by atoms with Crippen LogP contribution >= 0.6 is 23.2 Å². The van der Waals surface area contributed by atoms with E-state index in [2.05, 4.69) is 6.92 Å². The number of halogens is 2. The maximum absolute atomic E-state index is 12.5. The minimum absolute atomic E-state index is 0.0346. The average Bonchev–Trinajstić information content (AvgIpc) is 2.46. The van der Waals surface area contributed by atoms with Gasteiger partial charge in [-0.3, -0.25) is 9.59 Å². The Morgan fingerprint density at radius 2 is 1.77 bits per heavy atom. The lowest BCUT2D eigenvalue weighted by Crippen LogP contribution is -2.45. The number of likely N-dealkylation sites (tertiary alicyclic amines) is 1. The summed E-state index contributed by atoms with van der Waals surface area (Å²) >= 11 is 12.3. The molecule has 0 saturated carbocycles. The van der Waals surface area contributed by atoms with Gasteiger partial charge in [-0.25, -0.2) is 0 Å². The summed E-state index contributed by atoms with van der Waals surface area (Å²) in [7, 11) is 0. The third-order valence-electron chi connectivity index (χ3n) is 4.02. The highest BCUT2D eigenvalue weighted by Crippen LogP contribution is 2.33. The van der Waals surface area contributed by atoms with Crippen molar-refractivity contribution in [2.75, 3.05) is 24.5 Å². The van der Waals surface area contributed by atoms with E-state index < -0.39 is 0 Å². The second kappa shape index (κ2) is 7.34. The number of hydrogen-bond donors (Lipinski definition) is 0. The van der Waals surface area contributed by atoms with Gasteiger partial charge < -0.3 is 9.80 Å². The molecule has 0 spiro atoms. The fourth-order valence-electron chi connectivity index (χ4n) is 2.59. The second-order valence-electron chi connectivity index (χ2n) is 5.74. The van der Waals surface area contributed by atoms with Crippen molar-refractivity contribution in [1.29, 1.82) is 0 Å². The van der Waals surface area contributed by atoms with Crippen LogP contribution in [0.25, 0.3) is 0 Å². The Labute approximate surface area is 141 Å². The van der Waals surface area contributed by atoms with E-state index in [9.17, 15) is 9.59 Å². The molecule has 2 rings (SSSR count). The highest BCUT2D eigenvalue weighted by molar-refractivity contribution is 6.40. The SMILES string of the molecule is CC(=O)N(CC(=O)N1CCC(C)CC1)c1c(Cl)cccc1Cl. The van der Waals surface area contributed by atoms with Gasteiger partial charge in [-0.2, -0.15) is 0 Å². The van der Waals surface area contributed by atoms with Crippen molar-refractivity contribution in [2.45, 2.75) is 26.7 Å². The molecule has 0 aliphatic carbocycles. The Balaban J connectivity index is 2.16. The first kappa shape index (κ1) is 17.1. The lowest BCUT2D eigenvalue weighted by atomic mass is 9.99. The Kier molecular flexibility index (Phi) is 5.70. The third-order valence-corrected chi connectivity index (χ3v) is 4.63. The Hall–Kier alpha value is -1.26. The van der Waals surface area contributed by atoms with Crippen molar-refractivity contribution in [3.05, 3.63) is 28.2 Å². The number of amides is 2. The van der Waals surface area contributed by atoms with Crippen LogP contribution in [0.2, 0.25) is 10.0 Å². The van der Waals surface area contributed by atoms with Gasteiger partial charge in [0.1, 0.15) is 6.54 Å². The summed E-state index contributed by atoms with van der Waals surface area (Å²) in [4.78, 5) is 27.6. The quantitative estimate of drug-likeness (QED) is 0.841. The molecule has 1 saturated heterocycles. The molecule has 1 heterocycles. The number of carbonyl (C=O) groups excluding carboxylic acids is 2. The molecule has 1 aromatic carbocycles. The number of rotatable bonds is 3. The molecule has 0 aromatic heterocycles. The Bertz CT molecular complexity index is 549. The van der Waals surface area contributed by atoms with E-state index in [1.165, 1.54) is 11.8 Å². The van der Waals surface area contributed by atoms with E-state index >= 15 is 0 Å². The number of benzene rings is 1. The largest absolute Gasteiger partial charge is 0.341 e. The summed E-state index contributed by atoms with van der Waals surface area (Å²) in [5.41, 5.74) is 0.400. The first-order valence-corrected chi connectivity index (χ1v) is 8.15. The van der Waals surface area contributed by atoms with Gasteiger partial charge in [-0.05, 0) is 30.9 Å². The van der Waals surface area contributed by atoms with Crippen molar-refractivity contribution < 1.29 is 9.59 Å². The molecule has 0 atom stereocenters. The molecule has 120 valence electrons. The third kappa shape index (κ3) is 3.93. The van der Waals surface area contributed by atoms with Crippen LogP contribution in [-0.4, -0.2) is 36.3 Å². The summed E-state index contributed by atoms with van der Waals surface area (Å²) in [6, 6.07) is 5.03. The zero-order chi connectivity index (χ0) is 16.3. The smallest absolute Gasteiger partial charge is 0.242 e. The number of piperidine rings is 1. The fraction of sp³-hybridized carbons (Fsp3) is 0.500. The topological polar surface area (TPSA) is 40.6 Å². The van der Waals surface area contributed by atoms with E-state index in [-0.39, 0.29) is 18.4 Å². The number of para-hydroxylation sites is 1. The molecule has 1 aliphatic heterocycles. The van der Waals surface area contributed by atoms with Crippen molar-refractivity contribution in [1.82, 2.24) is 4.90 Å². The molecule has 0 radical (unpaired) electrons. The molecule has 0 unspecified atom stereocenters. The molecular formula is C16H20Cl2N2O2. The van der Waals surface area contributed by atoms with Gasteiger partial charge in [-0.15, -0.1) is 0 Å². The summed E-state index contributed by atoms with van der Waals surface area (Å²) < 4.78 is 0. The van der Waals surface area contributed by atoms with E-state index in [0.29, 0.717) is 21.7 Å². The normalized spacial score (nSPS) is 15.7. The van der Waals surface area contributed by atoms with Crippen LogP contribution in [0.15, 0.2) is 18.2 Å². The predicted molar refractivity (Wildman–Crippen MR) is 89.5 cm³/mol. The van der Waals surface area contributed by atoms with Crippen molar-refractivity contribution in [3.63, 3.8) is 0 Å². The molecule has 2 amide bonds. The lowest BCUT2D eigenvalue weighted by Gasteiger charge is -2.32. The van der Waals surface area contributed by atoms with Gasteiger partial charge in [0.2, 0.25) is 11.8 Å². The van der Waals surface area contributed by atoms with Crippen LogP contribution in [0.3, 0.4) is 0 Å². The van der Waals surface area contributed by atoms with E-state index in [4.69, 9.17) is 23.2 Å².